The Labute approximate surface area is 183 Å². The van der Waals surface area contributed by atoms with Gasteiger partial charge in [-0.3, -0.25) is 4.40 Å². The minimum Gasteiger partial charge on any atom is -0.338 e. The highest BCUT2D eigenvalue weighted by Gasteiger charge is 2.19. The third-order valence-corrected chi connectivity index (χ3v) is 6.23. The third kappa shape index (κ3) is 3.09. The van der Waals surface area contributed by atoms with Crippen LogP contribution in [0.4, 0.5) is 11.5 Å². The molecule has 0 aliphatic carbocycles. The molecule has 5 aromatic rings. The fourth-order valence-electron chi connectivity index (χ4n) is 4.88. The maximum absolute atomic E-state index is 5.09. The second kappa shape index (κ2) is 7.28. The first kappa shape index (κ1) is 19.4. The SMILES string of the molecule is Cc1cc(C)c(Nc2nc3c4ccccc4c(-c4ccccc4)c(C)n3c2C)c(C)c1. The van der Waals surface area contributed by atoms with Crippen molar-refractivity contribution in [3.63, 3.8) is 0 Å². The number of nitrogens with one attached hydrogen (secondary N) is 1. The Morgan fingerprint density at radius 1 is 0.710 bits per heavy atom. The van der Waals surface area contributed by atoms with E-state index in [4.69, 9.17) is 4.98 Å². The average Bonchev–Trinajstić information content (AvgIpc) is 3.08. The van der Waals surface area contributed by atoms with E-state index in [2.05, 4.69) is 111 Å². The Kier molecular flexibility index (Phi) is 4.55. The Balaban J connectivity index is 1.79. The molecule has 0 saturated heterocycles. The first-order chi connectivity index (χ1) is 15.0. The normalized spacial score (nSPS) is 11.4. The molecule has 0 saturated carbocycles. The van der Waals surface area contributed by atoms with Crippen LogP contribution in [0, 0.1) is 34.6 Å². The van der Waals surface area contributed by atoms with Gasteiger partial charge in [0.15, 0.2) is 5.82 Å². The van der Waals surface area contributed by atoms with E-state index in [0.717, 1.165) is 22.8 Å². The van der Waals surface area contributed by atoms with Crippen molar-refractivity contribution >= 4 is 27.9 Å². The number of hydrogen-bond acceptors (Lipinski definition) is 2. The minimum absolute atomic E-state index is 0.911. The van der Waals surface area contributed by atoms with Gasteiger partial charge in [0.1, 0.15) is 5.65 Å². The fourth-order valence-corrected chi connectivity index (χ4v) is 4.88. The molecule has 0 atom stereocenters. The second-order valence-electron chi connectivity index (χ2n) is 8.48. The van der Waals surface area contributed by atoms with Crippen molar-refractivity contribution in [2.24, 2.45) is 0 Å². The maximum atomic E-state index is 5.09. The molecule has 0 fully saturated rings. The van der Waals surface area contributed by atoms with Gasteiger partial charge in [0.25, 0.3) is 0 Å². The van der Waals surface area contributed by atoms with Gasteiger partial charge in [0.05, 0.1) is 5.69 Å². The lowest BCUT2D eigenvalue weighted by Crippen LogP contribution is -2.01. The van der Waals surface area contributed by atoms with Crippen LogP contribution in [0.1, 0.15) is 28.1 Å². The zero-order chi connectivity index (χ0) is 21.7. The summed E-state index contributed by atoms with van der Waals surface area (Å²) < 4.78 is 2.30. The van der Waals surface area contributed by atoms with Crippen LogP contribution in [0.3, 0.4) is 0 Å². The lowest BCUT2D eigenvalue weighted by Gasteiger charge is -2.15. The summed E-state index contributed by atoms with van der Waals surface area (Å²) >= 11 is 0. The summed E-state index contributed by atoms with van der Waals surface area (Å²) in [5.41, 5.74) is 10.7. The van der Waals surface area contributed by atoms with Crippen molar-refractivity contribution in [1.29, 1.82) is 0 Å². The summed E-state index contributed by atoms with van der Waals surface area (Å²) in [6, 6.07) is 23.7. The van der Waals surface area contributed by atoms with Crippen molar-refractivity contribution in [3.05, 3.63) is 94.8 Å². The first-order valence-electron chi connectivity index (χ1n) is 10.8. The smallest absolute Gasteiger partial charge is 0.152 e. The summed E-state index contributed by atoms with van der Waals surface area (Å²) in [6.45, 7) is 10.8. The number of rotatable bonds is 3. The number of pyridine rings is 1. The Hall–Kier alpha value is -3.59. The van der Waals surface area contributed by atoms with E-state index in [-0.39, 0.29) is 0 Å². The summed E-state index contributed by atoms with van der Waals surface area (Å²) in [5, 5.41) is 6.05. The molecule has 0 radical (unpaired) electrons. The number of fused-ring (bicyclic) bond motifs is 3. The van der Waals surface area contributed by atoms with Gasteiger partial charge in [0, 0.05) is 22.3 Å². The molecule has 5 rings (SSSR count). The summed E-state index contributed by atoms with van der Waals surface area (Å²) in [7, 11) is 0. The van der Waals surface area contributed by atoms with Crippen LogP contribution in [0.15, 0.2) is 66.7 Å². The minimum atomic E-state index is 0.911. The van der Waals surface area contributed by atoms with Crippen LogP contribution in [0.5, 0.6) is 0 Å². The number of hydrogen-bond donors (Lipinski definition) is 1. The number of aromatic nitrogens is 2. The Morgan fingerprint density at radius 2 is 1.32 bits per heavy atom. The van der Waals surface area contributed by atoms with Gasteiger partial charge >= 0.3 is 0 Å². The van der Waals surface area contributed by atoms with Gasteiger partial charge in [0.2, 0.25) is 0 Å². The molecule has 0 bridgehead atoms. The molecular formula is C28H27N3. The van der Waals surface area contributed by atoms with Crippen molar-refractivity contribution in [3.8, 4) is 11.1 Å². The van der Waals surface area contributed by atoms with E-state index in [0.29, 0.717) is 0 Å². The van der Waals surface area contributed by atoms with E-state index in [1.54, 1.807) is 0 Å². The molecule has 3 nitrogen and oxygen atoms in total. The zero-order valence-corrected chi connectivity index (χ0v) is 18.7. The second-order valence-corrected chi connectivity index (χ2v) is 8.48. The number of imidazole rings is 1. The molecule has 154 valence electrons. The monoisotopic (exact) mass is 405 g/mol. The van der Waals surface area contributed by atoms with Crippen molar-refractivity contribution < 1.29 is 0 Å². The van der Waals surface area contributed by atoms with Gasteiger partial charge in [-0.05, 0) is 56.7 Å². The lowest BCUT2D eigenvalue weighted by molar-refractivity contribution is 1.05. The van der Waals surface area contributed by atoms with Gasteiger partial charge in [-0.1, -0.05) is 72.3 Å². The molecule has 3 aromatic carbocycles. The molecule has 2 heterocycles. The van der Waals surface area contributed by atoms with Crippen molar-refractivity contribution in [2.75, 3.05) is 5.32 Å². The quantitative estimate of drug-likeness (QED) is 0.338. The summed E-state index contributed by atoms with van der Waals surface area (Å²) in [6.07, 6.45) is 0. The molecule has 0 aliphatic heterocycles. The molecule has 2 aromatic heterocycles. The predicted molar refractivity (Wildman–Crippen MR) is 132 cm³/mol. The molecule has 0 unspecified atom stereocenters. The molecule has 0 aliphatic rings. The van der Waals surface area contributed by atoms with E-state index < -0.39 is 0 Å². The predicted octanol–water partition coefficient (Wildman–Crippen LogP) is 7.44. The molecule has 0 amide bonds. The molecule has 1 N–H and O–H groups in total. The van der Waals surface area contributed by atoms with E-state index >= 15 is 0 Å². The Morgan fingerprint density at radius 3 is 2.00 bits per heavy atom. The van der Waals surface area contributed by atoms with Crippen molar-refractivity contribution in [2.45, 2.75) is 34.6 Å². The van der Waals surface area contributed by atoms with E-state index in [1.807, 2.05) is 0 Å². The standard InChI is InChI=1S/C28H27N3/c1-17-15-18(2)26(19(3)16-17)29-27-21(5)31-20(4)25(22-11-7-6-8-12-22)23-13-9-10-14-24(23)28(31)30-27/h6-16,29H,1-5H3. The lowest BCUT2D eigenvalue weighted by atomic mass is 9.97. The van der Waals surface area contributed by atoms with Crippen LogP contribution < -0.4 is 5.32 Å². The highest BCUT2D eigenvalue weighted by molar-refractivity contribution is 6.05. The third-order valence-electron chi connectivity index (χ3n) is 6.23. The number of anilines is 2. The van der Waals surface area contributed by atoms with Crippen LogP contribution in [-0.4, -0.2) is 9.38 Å². The maximum Gasteiger partial charge on any atom is 0.152 e. The number of nitrogens with zero attached hydrogens (tertiary/aromatic N) is 2. The van der Waals surface area contributed by atoms with Crippen LogP contribution in [-0.2, 0) is 0 Å². The largest absolute Gasteiger partial charge is 0.338 e. The molecule has 3 heteroatoms. The van der Waals surface area contributed by atoms with E-state index in [9.17, 15) is 0 Å². The summed E-state index contributed by atoms with van der Waals surface area (Å²) in [4.78, 5) is 5.09. The van der Waals surface area contributed by atoms with Crippen LogP contribution in [0.25, 0.3) is 27.5 Å². The average molecular weight is 406 g/mol. The van der Waals surface area contributed by atoms with Gasteiger partial charge in [-0.15, -0.1) is 0 Å². The topological polar surface area (TPSA) is 29.3 Å². The van der Waals surface area contributed by atoms with Crippen LogP contribution in [0.2, 0.25) is 0 Å². The number of aryl methyl sites for hydroxylation is 5. The highest BCUT2D eigenvalue weighted by Crippen LogP contribution is 2.37. The van der Waals surface area contributed by atoms with Crippen LogP contribution >= 0.6 is 0 Å². The van der Waals surface area contributed by atoms with E-state index in [1.165, 1.54) is 44.3 Å². The first-order valence-corrected chi connectivity index (χ1v) is 10.8. The van der Waals surface area contributed by atoms with Gasteiger partial charge in [-0.25, -0.2) is 4.98 Å². The van der Waals surface area contributed by atoms with Gasteiger partial charge < -0.3 is 5.32 Å². The number of benzene rings is 3. The Bertz CT molecular complexity index is 1420. The summed E-state index contributed by atoms with van der Waals surface area (Å²) in [5.74, 6) is 0.911. The highest BCUT2D eigenvalue weighted by atomic mass is 15.1. The molecule has 31 heavy (non-hydrogen) atoms. The van der Waals surface area contributed by atoms with Crippen molar-refractivity contribution in [1.82, 2.24) is 9.38 Å². The van der Waals surface area contributed by atoms with Gasteiger partial charge in [-0.2, -0.15) is 0 Å². The fraction of sp³-hybridized carbons (Fsp3) is 0.179. The molecule has 0 spiro atoms. The zero-order valence-electron chi connectivity index (χ0n) is 18.7. The molecular weight excluding hydrogens is 378 g/mol.